The molecule has 1 fully saturated rings. The Kier molecular flexibility index (Phi) is 3.39. The van der Waals surface area contributed by atoms with Gasteiger partial charge in [0.05, 0.1) is 16.2 Å². The van der Waals surface area contributed by atoms with Crippen LogP contribution in [0.2, 0.25) is 0 Å². The molecule has 1 aliphatic heterocycles. The van der Waals surface area contributed by atoms with Gasteiger partial charge in [0, 0.05) is 6.54 Å². The van der Waals surface area contributed by atoms with E-state index in [0.29, 0.717) is 12.0 Å². The van der Waals surface area contributed by atoms with Crippen molar-refractivity contribution in [2.45, 2.75) is 52.0 Å². The van der Waals surface area contributed by atoms with Crippen LogP contribution in [0.4, 0.5) is 5.82 Å². The number of hydrogen-bond acceptors (Lipinski definition) is 2. The third kappa shape index (κ3) is 2.09. The second-order valence-electron chi connectivity index (χ2n) is 6.14. The first-order valence-electron chi connectivity index (χ1n) is 7.17. The summed E-state index contributed by atoms with van der Waals surface area (Å²) in [6.45, 7) is 5.62. The SMILES string of the molecule is CC(C)Cc1nn2c(c1Br)NCC1CCCCC12. The van der Waals surface area contributed by atoms with Crippen LogP contribution in [-0.4, -0.2) is 16.3 Å². The minimum atomic E-state index is 0.632. The number of rotatable bonds is 2. The number of anilines is 1. The van der Waals surface area contributed by atoms with E-state index < -0.39 is 0 Å². The van der Waals surface area contributed by atoms with E-state index in [0.717, 1.165) is 18.9 Å². The van der Waals surface area contributed by atoms with Gasteiger partial charge < -0.3 is 5.32 Å². The van der Waals surface area contributed by atoms with Crippen molar-refractivity contribution in [3.8, 4) is 0 Å². The first kappa shape index (κ1) is 12.5. The van der Waals surface area contributed by atoms with Gasteiger partial charge in [0.15, 0.2) is 0 Å². The van der Waals surface area contributed by atoms with Gasteiger partial charge in [0.2, 0.25) is 0 Å². The van der Waals surface area contributed by atoms with Gasteiger partial charge in [-0.3, -0.25) is 0 Å². The van der Waals surface area contributed by atoms with E-state index in [2.05, 4.69) is 39.8 Å². The fourth-order valence-corrected chi connectivity index (χ4v) is 3.92. The Morgan fingerprint density at radius 1 is 1.39 bits per heavy atom. The third-order valence-corrected chi connectivity index (χ3v) is 5.07. The largest absolute Gasteiger partial charge is 0.369 e. The van der Waals surface area contributed by atoms with Gasteiger partial charge in [-0.15, -0.1) is 0 Å². The molecular weight excluding hydrogens is 290 g/mol. The van der Waals surface area contributed by atoms with Gasteiger partial charge in [-0.05, 0) is 47.0 Å². The number of aromatic nitrogens is 2. The van der Waals surface area contributed by atoms with Crippen molar-refractivity contribution in [2.75, 3.05) is 11.9 Å². The van der Waals surface area contributed by atoms with E-state index in [4.69, 9.17) is 5.10 Å². The molecule has 0 aromatic carbocycles. The molecule has 2 atom stereocenters. The Hall–Kier alpha value is -0.510. The van der Waals surface area contributed by atoms with Gasteiger partial charge in [0.1, 0.15) is 5.82 Å². The van der Waals surface area contributed by atoms with Crippen molar-refractivity contribution < 1.29 is 0 Å². The van der Waals surface area contributed by atoms with E-state index >= 15 is 0 Å². The van der Waals surface area contributed by atoms with Crippen LogP contribution in [-0.2, 0) is 6.42 Å². The highest BCUT2D eigenvalue weighted by molar-refractivity contribution is 9.10. The summed E-state index contributed by atoms with van der Waals surface area (Å²) in [5, 5.41) is 8.46. The van der Waals surface area contributed by atoms with Crippen LogP contribution in [0.1, 0.15) is 51.3 Å². The van der Waals surface area contributed by atoms with Crippen molar-refractivity contribution in [1.29, 1.82) is 0 Å². The predicted molar refractivity (Wildman–Crippen MR) is 78.0 cm³/mol. The predicted octanol–water partition coefficient (Wildman–Crippen LogP) is 4.00. The highest BCUT2D eigenvalue weighted by Gasteiger charge is 2.34. The second-order valence-corrected chi connectivity index (χ2v) is 6.94. The molecule has 1 aliphatic carbocycles. The number of halogens is 1. The number of nitrogens with zero attached hydrogens (tertiary/aromatic N) is 2. The van der Waals surface area contributed by atoms with E-state index in [1.165, 1.54) is 41.7 Å². The van der Waals surface area contributed by atoms with Crippen molar-refractivity contribution >= 4 is 21.7 Å². The summed E-state index contributed by atoms with van der Waals surface area (Å²) in [5.41, 5.74) is 1.22. The van der Waals surface area contributed by atoms with E-state index in [1.54, 1.807) is 0 Å². The summed E-state index contributed by atoms with van der Waals surface area (Å²) < 4.78 is 3.47. The number of nitrogens with one attached hydrogen (secondary N) is 1. The Morgan fingerprint density at radius 2 is 2.17 bits per heavy atom. The molecule has 1 saturated carbocycles. The van der Waals surface area contributed by atoms with E-state index in [9.17, 15) is 0 Å². The summed E-state index contributed by atoms with van der Waals surface area (Å²) in [4.78, 5) is 0. The zero-order valence-corrected chi connectivity index (χ0v) is 12.8. The Morgan fingerprint density at radius 3 is 2.94 bits per heavy atom. The fraction of sp³-hybridized carbons (Fsp3) is 0.786. The van der Waals surface area contributed by atoms with Crippen LogP contribution in [0.5, 0.6) is 0 Å². The highest BCUT2D eigenvalue weighted by Crippen LogP contribution is 2.42. The van der Waals surface area contributed by atoms with Gasteiger partial charge in [-0.1, -0.05) is 26.7 Å². The van der Waals surface area contributed by atoms with Gasteiger partial charge in [-0.25, -0.2) is 4.68 Å². The van der Waals surface area contributed by atoms with Gasteiger partial charge in [0.25, 0.3) is 0 Å². The molecule has 1 aromatic rings. The first-order valence-corrected chi connectivity index (χ1v) is 7.97. The van der Waals surface area contributed by atoms with Crippen molar-refractivity contribution in [3.05, 3.63) is 10.2 Å². The molecule has 0 radical (unpaired) electrons. The lowest BCUT2D eigenvalue weighted by Gasteiger charge is -2.37. The topological polar surface area (TPSA) is 29.9 Å². The lowest BCUT2D eigenvalue weighted by molar-refractivity contribution is 0.221. The zero-order chi connectivity index (χ0) is 12.7. The molecule has 3 rings (SSSR count). The molecule has 0 amide bonds. The molecular formula is C14H22BrN3. The van der Waals surface area contributed by atoms with Crippen molar-refractivity contribution in [2.24, 2.45) is 11.8 Å². The Labute approximate surface area is 117 Å². The van der Waals surface area contributed by atoms with Crippen LogP contribution in [0, 0.1) is 11.8 Å². The molecule has 100 valence electrons. The smallest absolute Gasteiger partial charge is 0.139 e. The van der Waals surface area contributed by atoms with Crippen molar-refractivity contribution in [1.82, 2.24) is 9.78 Å². The van der Waals surface area contributed by atoms with Crippen LogP contribution in [0.25, 0.3) is 0 Å². The summed E-state index contributed by atoms with van der Waals surface area (Å²) in [5.74, 6) is 2.65. The molecule has 1 aromatic heterocycles. The molecule has 2 aliphatic rings. The molecule has 0 spiro atoms. The van der Waals surface area contributed by atoms with Crippen LogP contribution in [0.3, 0.4) is 0 Å². The van der Waals surface area contributed by atoms with Gasteiger partial charge in [-0.2, -0.15) is 5.10 Å². The second kappa shape index (κ2) is 4.87. The van der Waals surface area contributed by atoms with Crippen LogP contribution < -0.4 is 5.32 Å². The summed E-state index contributed by atoms with van der Waals surface area (Å²) in [6.07, 6.45) is 6.46. The van der Waals surface area contributed by atoms with Crippen LogP contribution in [0.15, 0.2) is 4.47 Å². The maximum Gasteiger partial charge on any atom is 0.139 e. The van der Waals surface area contributed by atoms with Crippen LogP contribution >= 0.6 is 15.9 Å². The van der Waals surface area contributed by atoms with Crippen molar-refractivity contribution in [3.63, 3.8) is 0 Å². The number of fused-ring (bicyclic) bond motifs is 3. The normalized spacial score (nSPS) is 26.7. The first-order chi connectivity index (χ1) is 8.66. The number of hydrogen-bond donors (Lipinski definition) is 1. The average molecular weight is 312 g/mol. The molecule has 0 saturated heterocycles. The maximum absolute atomic E-state index is 4.88. The highest BCUT2D eigenvalue weighted by atomic mass is 79.9. The quantitative estimate of drug-likeness (QED) is 0.894. The molecule has 1 N–H and O–H groups in total. The Balaban J connectivity index is 1.94. The minimum Gasteiger partial charge on any atom is -0.369 e. The fourth-order valence-electron chi connectivity index (χ4n) is 3.35. The summed E-state index contributed by atoms with van der Waals surface area (Å²) >= 11 is 3.74. The summed E-state index contributed by atoms with van der Waals surface area (Å²) in [6, 6.07) is 0.632. The lowest BCUT2D eigenvalue weighted by Crippen LogP contribution is -2.35. The zero-order valence-electron chi connectivity index (χ0n) is 11.2. The molecule has 4 heteroatoms. The van der Waals surface area contributed by atoms with Gasteiger partial charge >= 0.3 is 0 Å². The summed E-state index contributed by atoms with van der Waals surface area (Å²) in [7, 11) is 0. The molecule has 0 bridgehead atoms. The molecule has 2 unspecified atom stereocenters. The minimum absolute atomic E-state index is 0.632. The van der Waals surface area contributed by atoms with E-state index in [1.807, 2.05) is 0 Å². The average Bonchev–Trinajstić information content (AvgIpc) is 2.66. The Bertz CT molecular complexity index is 438. The monoisotopic (exact) mass is 311 g/mol. The van der Waals surface area contributed by atoms with E-state index in [-0.39, 0.29) is 0 Å². The maximum atomic E-state index is 4.88. The molecule has 3 nitrogen and oxygen atoms in total. The molecule has 2 heterocycles. The molecule has 18 heavy (non-hydrogen) atoms. The standard InChI is InChI=1S/C14H22BrN3/c1-9(2)7-11-13(15)14-16-8-10-5-3-4-6-12(10)18(14)17-11/h9-10,12,16H,3-8H2,1-2H3. The third-order valence-electron chi connectivity index (χ3n) is 4.24. The lowest BCUT2D eigenvalue weighted by atomic mass is 9.83.